The zero-order valence-corrected chi connectivity index (χ0v) is 11.3. The third-order valence-corrected chi connectivity index (χ3v) is 1.61. The van der Waals surface area contributed by atoms with Crippen LogP contribution in [0.3, 0.4) is 0 Å². The smallest absolute Gasteiger partial charge is 0.354 e. The van der Waals surface area contributed by atoms with Crippen molar-refractivity contribution in [3.05, 3.63) is 23.5 Å². The van der Waals surface area contributed by atoms with Crippen molar-refractivity contribution in [1.82, 2.24) is 4.98 Å². The molecule has 0 atom stereocenters. The van der Waals surface area contributed by atoms with Gasteiger partial charge in [-0.2, -0.15) is 0 Å². The molecule has 1 aromatic rings. The summed E-state index contributed by atoms with van der Waals surface area (Å²) in [5, 5.41) is 17.5. The van der Waals surface area contributed by atoms with Crippen LogP contribution in [0, 0.1) is 38.6 Å². The van der Waals surface area contributed by atoms with Gasteiger partial charge in [-0.05, 0) is 13.8 Å². The minimum absolute atomic E-state index is 0. The molecule has 1 heterocycles. The van der Waals surface area contributed by atoms with Gasteiger partial charge in [0, 0.05) is 50.7 Å². The predicted octanol–water partition coefficient (Wildman–Crippen LogP) is 1.27. The summed E-state index contributed by atoms with van der Waals surface area (Å²) in [6, 6.07) is 2.38. The molecule has 0 amide bonds. The zero-order chi connectivity index (χ0) is 12.3. The summed E-state index contributed by atoms with van der Waals surface area (Å²) < 4.78 is 5.23. The van der Waals surface area contributed by atoms with E-state index in [0.717, 1.165) is 0 Å². The maximum absolute atomic E-state index is 10.7. The summed E-state index contributed by atoms with van der Waals surface area (Å²) in [7, 11) is 0. The summed E-state index contributed by atoms with van der Waals surface area (Å²) >= 11 is 0. The molecule has 1 radical (unpaired) electrons. The van der Waals surface area contributed by atoms with Crippen molar-refractivity contribution >= 4 is 11.9 Å². The largest absolute Gasteiger partial charge is 0.491 e. The topological polar surface area (TPSA) is 96.7 Å². The molecule has 17 heavy (non-hydrogen) atoms. The van der Waals surface area contributed by atoms with E-state index in [4.69, 9.17) is 14.9 Å². The van der Waals surface area contributed by atoms with Crippen LogP contribution in [0.4, 0.5) is 0 Å². The zero-order valence-electron chi connectivity index (χ0n) is 9.13. The molecular formula is C10H11NO5Tb. The molecule has 7 heteroatoms. The molecule has 0 saturated heterocycles. The Balaban J connectivity index is 0.00000256. The molecule has 0 aliphatic carbocycles. The summed E-state index contributed by atoms with van der Waals surface area (Å²) in [5.41, 5.74) is -0.703. The van der Waals surface area contributed by atoms with E-state index in [-0.39, 0.29) is 61.9 Å². The van der Waals surface area contributed by atoms with Gasteiger partial charge in [0.2, 0.25) is 0 Å². The maximum atomic E-state index is 10.7. The molecule has 0 saturated carbocycles. The molecular weight excluding hydrogens is 373 g/mol. The fraction of sp³-hybridized carbons (Fsp3) is 0.300. The molecule has 1 rings (SSSR count). The number of pyridine rings is 1. The Labute approximate surface area is 128 Å². The van der Waals surface area contributed by atoms with Crippen LogP contribution in [0.2, 0.25) is 0 Å². The van der Waals surface area contributed by atoms with Gasteiger partial charge in [0.15, 0.2) is 11.4 Å². The van der Waals surface area contributed by atoms with Gasteiger partial charge in [0.05, 0.1) is 6.10 Å². The van der Waals surface area contributed by atoms with Crippen LogP contribution in [-0.2, 0) is 0 Å². The van der Waals surface area contributed by atoms with E-state index in [2.05, 4.69) is 4.98 Å². The quantitative estimate of drug-likeness (QED) is 0.812. The summed E-state index contributed by atoms with van der Waals surface area (Å²) in [4.78, 5) is 24.9. The summed E-state index contributed by atoms with van der Waals surface area (Å²) in [6.07, 6.45) is -0.175. The number of carbonyl (C=O) groups is 2. The first-order valence-electron chi connectivity index (χ1n) is 4.55. The van der Waals surface area contributed by atoms with E-state index in [0.29, 0.717) is 0 Å². The number of hydrogen-bond acceptors (Lipinski definition) is 4. The van der Waals surface area contributed by atoms with Crippen molar-refractivity contribution in [2.24, 2.45) is 0 Å². The van der Waals surface area contributed by atoms with Crippen LogP contribution < -0.4 is 4.74 Å². The van der Waals surface area contributed by atoms with E-state index in [1.807, 2.05) is 0 Å². The number of carboxylic acids is 2. The second kappa shape index (κ2) is 6.80. The molecule has 0 unspecified atom stereocenters. The Hall–Kier alpha value is -0.824. The fourth-order valence-corrected chi connectivity index (χ4v) is 1.06. The molecule has 0 bridgehead atoms. The molecule has 95 valence electrons. The van der Waals surface area contributed by atoms with Gasteiger partial charge in [-0.1, -0.05) is 0 Å². The minimum atomic E-state index is -1.29. The van der Waals surface area contributed by atoms with Crippen molar-refractivity contribution in [3.63, 3.8) is 0 Å². The van der Waals surface area contributed by atoms with Gasteiger partial charge in [-0.15, -0.1) is 0 Å². The van der Waals surface area contributed by atoms with E-state index in [9.17, 15) is 9.59 Å². The van der Waals surface area contributed by atoms with Crippen molar-refractivity contribution in [3.8, 4) is 5.75 Å². The van der Waals surface area contributed by atoms with E-state index in [1.54, 1.807) is 13.8 Å². The number of rotatable bonds is 4. The number of nitrogens with zero attached hydrogens (tertiary/aromatic N) is 1. The molecule has 1 aromatic heterocycles. The van der Waals surface area contributed by atoms with Gasteiger partial charge in [0.1, 0.15) is 5.75 Å². The van der Waals surface area contributed by atoms with Gasteiger partial charge in [0.25, 0.3) is 0 Å². The molecule has 0 spiro atoms. The first kappa shape index (κ1) is 16.2. The van der Waals surface area contributed by atoms with Gasteiger partial charge < -0.3 is 14.9 Å². The second-order valence-corrected chi connectivity index (χ2v) is 3.35. The number of aromatic carboxylic acids is 2. The van der Waals surface area contributed by atoms with Crippen LogP contribution in [0.25, 0.3) is 0 Å². The molecule has 0 aromatic carbocycles. The van der Waals surface area contributed by atoms with Crippen molar-refractivity contribution in [1.29, 1.82) is 0 Å². The van der Waals surface area contributed by atoms with Crippen molar-refractivity contribution in [2.75, 3.05) is 0 Å². The summed E-state index contributed by atoms with van der Waals surface area (Å²) in [5.74, 6) is -2.41. The number of aromatic nitrogens is 1. The first-order valence-corrected chi connectivity index (χ1v) is 4.55. The standard InChI is InChI=1S/C10H11NO5.Tb/c1-5(2)16-6-3-7(9(12)13)11-8(4-6)10(14)15;/h3-5H,1-2H3,(H,12,13)(H,14,15);. The third-order valence-electron chi connectivity index (χ3n) is 1.61. The Morgan fingerprint density at radius 2 is 1.59 bits per heavy atom. The Morgan fingerprint density at radius 3 is 1.88 bits per heavy atom. The predicted molar refractivity (Wildman–Crippen MR) is 53.9 cm³/mol. The average molecular weight is 384 g/mol. The molecule has 6 nitrogen and oxygen atoms in total. The van der Waals surface area contributed by atoms with Crippen LogP contribution in [-0.4, -0.2) is 33.2 Å². The number of carboxylic acid groups (broad SMARTS) is 2. The summed E-state index contributed by atoms with van der Waals surface area (Å²) in [6.45, 7) is 3.50. The Kier molecular flexibility index (Phi) is 6.47. The van der Waals surface area contributed by atoms with Gasteiger partial charge in [-0.3, -0.25) is 0 Å². The second-order valence-electron chi connectivity index (χ2n) is 3.35. The molecule has 0 fully saturated rings. The van der Waals surface area contributed by atoms with Crippen LogP contribution in [0.15, 0.2) is 12.1 Å². The van der Waals surface area contributed by atoms with E-state index < -0.39 is 11.9 Å². The van der Waals surface area contributed by atoms with Gasteiger partial charge in [-0.25, -0.2) is 14.6 Å². The van der Waals surface area contributed by atoms with Crippen molar-refractivity contribution < 1.29 is 63.2 Å². The van der Waals surface area contributed by atoms with Crippen LogP contribution >= 0.6 is 0 Å². The monoisotopic (exact) mass is 384 g/mol. The van der Waals surface area contributed by atoms with Crippen LogP contribution in [0.5, 0.6) is 5.75 Å². The van der Waals surface area contributed by atoms with E-state index in [1.165, 1.54) is 12.1 Å². The maximum Gasteiger partial charge on any atom is 0.354 e. The average Bonchev–Trinajstić information content (AvgIpc) is 2.15. The first-order chi connectivity index (χ1) is 7.40. The number of hydrogen-bond donors (Lipinski definition) is 2. The molecule has 0 aliphatic heterocycles. The SMILES string of the molecule is CC(C)Oc1cc(C(=O)O)nc(C(=O)O)c1.[Tb]. The minimum Gasteiger partial charge on any atom is -0.491 e. The Morgan fingerprint density at radius 1 is 1.18 bits per heavy atom. The normalized spacial score (nSPS) is 9.59. The molecule has 2 N–H and O–H groups in total. The van der Waals surface area contributed by atoms with E-state index >= 15 is 0 Å². The fourth-order valence-electron chi connectivity index (χ4n) is 1.06. The number of ether oxygens (including phenoxy) is 1. The third kappa shape index (κ3) is 4.90. The van der Waals surface area contributed by atoms with Crippen molar-refractivity contribution in [2.45, 2.75) is 20.0 Å². The van der Waals surface area contributed by atoms with Crippen LogP contribution in [0.1, 0.15) is 34.8 Å². The van der Waals surface area contributed by atoms with Gasteiger partial charge >= 0.3 is 11.9 Å². The molecule has 0 aliphatic rings. The Bertz CT molecular complexity index is 400.